The highest BCUT2D eigenvalue weighted by atomic mass is 32.2. The van der Waals surface area contributed by atoms with Gasteiger partial charge in [0.15, 0.2) is 0 Å². The van der Waals surface area contributed by atoms with Crippen molar-refractivity contribution in [3.05, 3.63) is 54.1 Å². The molecule has 0 aromatic heterocycles. The van der Waals surface area contributed by atoms with Crippen molar-refractivity contribution >= 4 is 21.8 Å². The summed E-state index contributed by atoms with van der Waals surface area (Å²) in [4.78, 5) is 11.6. The Labute approximate surface area is 148 Å². The SMILES string of the molecule is CNC(=O)Oc1ccc(NS(=O)(=O)c2ccccc2)c(C(C)(C)C)c1. The summed E-state index contributed by atoms with van der Waals surface area (Å²) in [6.45, 7) is 5.85. The lowest BCUT2D eigenvalue weighted by Crippen LogP contribution is -2.23. The minimum absolute atomic E-state index is 0.181. The van der Waals surface area contributed by atoms with E-state index >= 15 is 0 Å². The molecule has 7 heteroatoms. The molecule has 25 heavy (non-hydrogen) atoms. The second-order valence-corrected chi connectivity index (χ2v) is 8.20. The predicted octanol–water partition coefficient (Wildman–Crippen LogP) is 3.50. The molecule has 0 spiro atoms. The molecule has 0 aliphatic carbocycles. The monoisotopic (exact) mass is 362 g/mol. The Balaban J connectivity index is 2.42. The van der Waals surface area contributed by atoms with Crippen molar-refractivity contribution in [1.82, 2.24) is 5.32 Å². The number of sulfonamides is 1. The van der Waals surface area contributed by atoms with Crippen LogP contribution in [0.1, 0.15) is 26.3 Å². The highest BCUT2D eigenvalue weighted by molar-refractivity contribution is 7.92. The highest BCUT2D eigenvalue weighted by Gasteiger charge is 2.23. The molecule has 0 atom stereocenters. The molecule has 2 aromatic carbocycles. The van der Waals surface area contributed by atoms with Gasteiger partial charge in [0.1, 0.15) is 5.75 Å². The minimum Gasteiger partial charge on any atom is -0.410 e. The second-order valence-electron chi connectivity index (χ2n) is 6.52. The molecule has 1 amide bonds. The number of nitrogens with one attached hydrogen (secondary N) is 2. The van der Waals surface area contributed by atoms with E-state index < -0.39 is 16.1 Å². The molecule has 0 heterocycles. The van der Waals surface area contributed by atoms with Crippen LogP contribution >= 0.6 is 0 Å². The zero-order valence-electron chi connectivity index (χ0n) is 14.7. The van der Waals surface area contributed by atoms with Crippen molar-refractivity contribution in [2.75, 3.05) is 11.8 Å². The van der Waals surface area contributed by atoms with E-state index in [0.717, 1.165) is 0 Å². The lowest BCUT2D eigenvalue weighted by molar-refractivity contribution is 0.203. The topological polar surface area (TPSA) is 84.5 Å². The third-order valence-corrected chi connectivity index (χ3v) is 4.89. The van der Waals surface area contributed by atoms with Crippen molar-refractivity contribution in [3.8, 4) is 5.75 Å². The van der Waals surface area contributed by atoms with E-state index in [4.69, 9.17) is 4.74 Å². The number of carbonyl (C=O) groups excluding carboxylic acids is 1. The number of ether oxygens (including phenoxy) is 1. The van der Waals surface area contributed by atoms with E-state index in [1.807, 2.05) is 20.8 Å². The van der Waals surface area contributed by atoms with E-state index in [-0.39, 0.29) is 10.3 Å². The largest absolute Gasteiger partial charge is 0.412 e. The van der Waals surface area contributed by atoms with Gasteiger partial charge in [0.25, 0.3) is 10.0 Å². The van der Waals surface area contributed by atoms with Crippen molar-refractivity contribution in [2.45, 2.75) is 31.1 Å². The van der Waals surface area contributed by atoms with Gasteiger partial charge in [0.2, 0.25) is 0 Å². The number of benzene rings is 2. The first-order valence-electron chi connectivity index (χ1n) is 7.75. The summed E-state index contributed by atoms with van der Waals surface area (Å²) in [5.74, 6) is 0.340. The van der Waals surface area contributed by atoms with Gasteiger partial charge in [0.05, 0.1) is 10.6 Å². The van der Waals surface area contributed by atoms with Crippen LogP contribution in [0.15, 0.2) is 53.4 Å². The van der Waals surface area contributed by atoms with Gasteiger partial charge in [-0.2, -0.15) is 0 Å². The summed E-state index contributed by atoms with van der Waals surface area (Å²) < 4.78 is 32.9. The van der Waals surface area contributed by atoms with E-state index in [2.05, 4.69) is 10.0 Å². The number of amides is 1. The van der Waals surface area contributed by atoms with Gasteiger partial charge in [-0.15, -0.1) is 0 Å². The molecule has 0 bridgehead atoms. The predicted molar refractivity (Wildman–Crippen MR) is 97.5 cm³/mol. The zero-order chi connectivity index (χ0) is 18.7. The molecule has 6 nitrogen and oxygen atoms in total. The maximum atomic E-state index is 12.6. The minimum atomic E-state index is -3.71. The molecular weight excluding hydrogens is 340 g/mol. The number of hydrogen-bond donors (Lipinski definition) is 2. The first-order chi connectivity index (χ1) is 11.6. The average Bonchev–Trinajstić information content (AvgIpc) is 2.55. The molecule has 0 saturated carbocycles. The van der Waals surface area contributed by atoms with E-state index in [9.17, 15) is 13.2 Å². The Bertz CT molecular complexity index is 856. The number of anilines is 1. The molecule has 2 rings (SSSR count). The molecular formula is C18H22N2O4S. The number of hydrogen-bond acceptors (Lipinski definition) is 4. The molecule has 0 aliphatic rings. The molecule has 2 N–H and O–H groups in total. The lowest BCUT2D eigenvalue weighted by atomic mass is 9.86. The number of rotatable bonds is 4. The average molecular weight is 362 g/mol. The second kappa shape index (κ2) is 7.14. The maximum absolute atomic E-state index is 12.6. The van der Waals surface area contributed by atoms with Crippen LogP contribution in [0, 0.1) is 0 Å². The summed E-state index contributed by atoms with van der Waals surface area (Å²) >= 11 is 0. The van der Waals surface area contributed by atoms with Crippen LogP contribution < -0.4 is 14.8 Å². The van der Waals surface area contributed by atoms with Crippen LogP contribution in [0.25, 0.3) is 0 Å². The Morgan fingerprint density at radius 2 is 1.68 bits per heavy atom. The standard InChI is InChI=1S/C18H22N2O4S/c1-18(2,3)15-12-13(24-17(21)19-4)10-11-16(15)20-25(22,23)14-8-6-5-7-9-14/h5-12,20H,1-4H3,(H,19,21). The molecule has 134 valence electrons. The van der Waals surface area contributed by atoms with Gasteiger partial charge >= 0.3 is 6.09 Å². The Morgan fingerprint density at radius 3 is 2.24 bits per heavy atom. The first kappa shape index (κ1) is 18.8. The Hall–Kier alpha value is -2.54. The third kappa shape index (κ3) is 4.73. The zero-order valence-corrected chi connectivity index (χ0v) is 15.5. The van der Waals surface area contributed by atoms with Gasteiger partial charge in [0, 0.05) is 7.05 Å². The van der Waals surface area contributed by atoms with Crippen LogP contribution in [0.2, 0.25) is 0 Å². The summed E-state index contributed by atoms with van der Waals surface area (Å²) in [7, 11) is -2.24. The molecule has 0 fully saturated rings. The molecule has 0 unspecified atom stereocenters. The van der Waals surface area contributed by atoms with E-state index in [1.54, 1.807) is 36.4 Å². The van der Waals surface area contributed by atoms with Crippen molar-refractivity contribution < 1.29 is 17.9 Å². The van der Waals surface area contributed by atoms with Crippen molar-refractivity contribution in [2.24, 2.45) is 0 Å². The fourth-order valence-corrected chi connectivity index (χ4v) is 3.36. The Morgan fingerprint density at radius 1 is 1.04 bits per heavy atom. The van der Waals surface area contributed by atoms with Gasteiger partial charge in [-0.25, -0.2) is 13.2 Å². The van der Waals surface area contributed by atoms with Gasteiger partial charge in [-0.1, -0.05) is 39.0 Å². The molecule has 2 aromatic rings. The normalized spacial score (nSPS) is 11.7. The van der Waals surface area contributed by atoms with Crippen LogP contribution in [0.5, 0.6) is 5.75 Å². The lowest BCUT2D eigenvalue weighted by Gasteiger charge is -2.24. The van der Waals surface area contributed by atoms with Gasteiger partial charge in [-0.3, -0.25) is 4.72 Å². The summed E-state index contributed by atoms with van der Waals surface area (Å²) in [6, 6.07) is 13.0. The Kier molecular flexibility index (Phi) is 5.37. The van der Waals surface area contributed by atoms with Crippen LogP contribution in [0.4, 0.5) is 10.5 Å². The van der Waals surface area contributed by atoms with Gasteiger partial charge < -0.3 is 10.1 Å². The van der Waals surface area contributed by atoms with Crippen LogP contribution in [0.3, 0.4) is 0 Å². The number of carbonyl (C=O) groups is 1. The molecule has 0 radical (unpaired) electrons. The van der Waals surface area contributed by atoms with Crippen LogP contribution in [-0.2, 0) is 15.4 Å². The molecule has 0 saturated heterocycles. The van der Waals surface area contributed by atoms with Gasteiger partial charge in [-0.05, 0) is 41.3 Å². The van der Waals surface area contributed by atoms with Crippen LogP contribution in [-0.4, -0.2) is 21.6 Å². The summed E-state index contributed by atoms with van der Waals surface area (Å²) in [5, 5.41) is 2.37. The smallest absolute Gasteiger partial charge is 0.410 e. The first-order valence-corrected chi connectivity index (χ1v) is 9.24. The van der Waals surface area contributed by atoms with E-state index in [0.29, 0.717) is 17.0 Å². The maximum Gasteiger partial charge on any atom is 0.412 e. The summed E-state index contributed by atoms with van der Waals surface area (Å²) in [5.41, 5.74) is 0.797. The highest BCUT2D eigenvalue weighted by Crippen LogP contribution is 2.34. The quantitative estimate of drug-likeness (QED) is 0.872. The fraction of sp³-hybridized carbons (Fsp3) is 0.278. The van der Waals surface area contributed by atoms with Crippen molar-refractivity contribution in [1.29, 1.82) is 0 Å². The third-order valence-electron chi connectivity index (χ3n) is 3.51. The summed E-state index contributed by atoms with van der Waals surface area (Å²) in [6.07, 6.45) is -0.586. The van der Waals surface area contributed by atoms with E-state index in [1.165, 1.54) is 19.2 Å². The fourth-order valence-electron chi connectivity index (χ4n) is 2.26. The van der Waals surface area contributed by atoms with Crippen molar-refractivity contribution in [3.63, 3.8) is 0 Å². The molecule has 0 aliphatic heterocycles.